The highest BCUT2D eigenvalue weighted by atomic mass is 16.2. The van der Waals surface area contributed by atoms with Gasteiger partial charge in [-0.2, -0.15) is 5.26 Å². The summed E-state index contributed by atoms with van der Waals surface area (Å²) in [7, 11) is 0. The van der Waals surface area contributed by atoms with E-state index in [9.17, 15) is 4.79 Å². The van der Waals surface area contributed by atoms with E-state index in [-0.39, 0.29) is 18.0 Å². The lowest BCUT2D eigenvalue weighted by Gasteiger charge is -2.35. The van der Waals surface area contributed by atoms with E-state index in [4.69, 9.17) is 5.26 Å². The molecule has 2 unspecified atom stereocenters. The van der Waals surface area contributed by atoms with Gasteiger partial charge in [0.05, 0.1) is 12.1 Å². The number of hydrogen-bond donors (Lipinski definition) is 2. The summed E-state index contributed by atoms with van der Waals surface area (Å²) in [4.78, 5) is 13.7. The van der Waals surface area contributed by atoms with Crippen molar-refractivity contribution in [2.45, 2.75) is 19.0 Å². The minimum Gasteiger partial charge on any atom is -0.351 e. The molecule has 1 amide bonds. The smallest absolute Gasteiger partial charge is 0.237 e. The largest absolute Gasteiger partial charge is 0.351 e. The van der Waals surface area contributed by atoms with Crippen molar-refractivity contribution in [3.8, 4) is 6.07 Å². The Hall–Kier alpha value is -1.38. The van der Waals surface area contributed by atoms with Crippen LogP contribution in [-0.4, -0.2) is 49.1 Å². The first-order valence-corrected chi connectivity index (χ1v) is 5.45. The van der Waals surface area contributed by atoms with Crippen molar-refractivity contribution in [3.05, 3.63) is 12.7 Å². The molecule has 0 spiro atoms. The highest BCUT2D eigenvalue weighted by Crippen LogP contribution is 2.07. The highest BCUT2D eigenvalue weighted by molar-refractivity contribution is 5.81. The number of amides is 1. The van der Waals surface area contributed by atoms with Gasteiger partial charge >= 0.3 is 0 Å². The van der Waals surface area contributed by atoms with Crippen LogP contribution in [0.5, 0.6) is 0 Å². The molecule has 1 heterocycles. The van der Waals surface area contributed by atoms with Crippen LogP contribution in [0.3, 0.4) is 0 Å². The van der Waals surface area contributed by atoms with Gasteiger partial charge in [0, 0.05) is 26.2 Å². The number of rotatable bonds is 4. The molecule has 5 heteroatoms. The normalized spacial score (nSPS) is 23.1. The van der Waals surface area contributed by atoms with Crippen LogP contribution in [0.4, 0.5) is 0 Å². The quantitative estimate of drug-likeness (QED) is 0.628. The number of carbonyl (C=O) groups is 1. The second kappa shape index (κ2) is 6.26. The van der Waals surface area contributed by atoms with Gasteiger partial charge in [-0.1, -0.05) is 6.08 Å². The molecule has 88 valence electrons. The number of nitrogens with one attached hydrogen (secondary N) is 2. The standard InChI is InChI=1S/C11H18N4O/c1-3-4-14-11(16)9(2)15-6-5-13-8-10(15)7-12/h3,9-10,13H,1,4-6,8H2,2H3,(H,14,16). The topological polar surface area (TPSA) is 68.2 Å². The Morgan fingerprint density at radius 3 is 3.25 bits per heavy atom. The second-order valence-corrected chi connectivity index (χ2v) is 3.80. The number of nitriles is 1. The fraction of sp³-hybridized carbons (Fsp3) is 0.636. The molecule has 0 aliphatic carbocycles. The van der Waals surface area contributed by atoms with Crippen LogP contribution in [0.15, 0.2) is 12.7 Å². The van der Waals surface area contributed by atoms with Crippen molar-refractivity contribution in [2.24, 2.45) is 0 Å². The highest BCUT2D eigenvalue weighted by Gasteiger charge is 2.29. The minimum absolute atomic E-state index is 0.0537. The lowest BCUT2D eigenvalue weighted by atomic mass is 10.1. The summed E-state index contributed by atoms with van der Waals surface area (Å²) in [6.07, 6.45) is 1.64. The fourth-order valence-corrected chi connectivity index (χ4v) is 1.77. The van der Waals surface area contributed by atoms with Crippen molar-refractivity contribution in [1.82, 2.24) is 15.5 Å². The van der Waals surface area contributed by atoms with E-state index in [0.717, 1.165) is 13.1 Å². The van der Waals surface area contributed by atoms with Crippen LogP contribution in [0.25, 0.3) is 0 Å². The van der Waals surface area contributed by atoms with Crippen LogP contribution in [0.1, 0.15) is 6.92 Å². The maximum Gasteiger partial charge on any atom is 0.237 e. The van der Waals surface area contributed by atoms with Crippen molar-refractivity contribution in [1.29, 1.82) is 5.26 Å². The third kappa shape index (κ3) is 3.05. The summed E-state index contributed by atoms with van der Waals surface area (Å²) < 4.78 is 0. The Morgan fingerprint density at radius 2 is 2.62 bits per heavy atom. The summed E-state index contributed by atoms with van der Waals surface area (Å²) in [6.45, 7) is 8.00. The van der Waals surface area contributed by atoms with Crippen molar-refractivity contribution in [2.75, 3.05) is 26.2 Å². The van der Waals surface area contributed by atoms with E-state index in [2.05, 4.69) is 23.3 Å². The predicted molar refractivity (Wildman–Crippen MR) is 61.6 cm³/mol. The monoisotopic (exact) mass is 222 g/mol. The molecule has 1 aliphatic rings. The lowest BCUT2D eigenvalue weighted by Crippen LogP contribution is -2.57. The lowest BCUT2D eigenvalue weighted by molar-refractivity contribution is -0.126. The van der Waals surface area contributed by atoms with Gasteiger partial charge in [-0.25, -0.2) is 0 Å². The first-order chi connectivity index (χ1) is 7.70. The average Bonchev–Trinajstić information content (AvgIpc) is 2.34. The molecule has 5 nitrogen and oxygen atoms in total. The molecule has 16 heavy (non-hydrogen) atoms. The second-order valence-electron chi connectivity index (χ2n) is 3.80. The Morgan fingerprint density at radius 1 is 1.88 bits per heavy atom. The molecular weight excluding hydrogens is 204 g/mol. The maximum absolute atomic E-state index is 11.7. The zero-order valence-electron chi connectivity index (χ0n) is 9.57. The summed E-state index contributed by atoms with van der Waals surface area (Å²) >= 11 is 0. The first kappa shape index (κ1) is 12.7. The Balaban J connectivity index is 2.56. The van der Waals surface area contributed by atoms with E-state index in [1.165, 1.54) is 0 Å². The molecule has 1 fully saturated rings. The fourth-order valence-electron chi connectivity index (χ4n) is 1.77. The SMILES string of the molecule is C=CCNC(=O)C(C)N1CCNCC1C#N. The summed E-state index contributed by atoms with van der Waals surface area (Å²) in [5, 5.41) is 14.9. The summed E-state index contributed by atoms with van der Waals surface area (Å²) in [6, 6.07) is 1.71. The Labute approximate surface area is 96.1 Å². The van der Waals surface area contributed by atoms with E-state index < -0.39 is 0 Å². The predicted octanol–water partition coefficient (Wildman–Crippen LogP) is -0.526. The first-order valence-electron chi connectivity index (χ1n) is 5.45. The molecule has 0 aromatic carbocycles. The molecule has 0 aromatic heterocycles. The number of piperazine rings is 1. The molecule has 0 bridgehead atoms. The molecule has 1 rings (SSSR count). The Kier molecular flexibility index (Phi) is 4.96. The van der Waals surface area contributed by atoms with Gasteiger partial charge in [-0.15, -0.1) is 6.58 Å². The van der Waals surface area contributed by atoms with Gasteiger partial charge in [-0.05, 0) is 6.92 Å². The van der Waals surface area contributed by atoms with Gasteiger partial charge in [-0.3, -0.25) is 9.69 Å². The number of nitrogens with zero attached hydrogens (tertiary/aromatic N) is 2. The van der Waals surface area contributed by atoms with Crippen molar-refractivity contribution in [3.63, 3.8) is 0 Å². The van der Waals surface area contributed by atoms with Crippen LogP contribution in [0.2, 0.25) is 0 Å². The van der Waals surface area contributed by atoms with Crippen LogP contribution < -0.4 is 10.6 Å². The molecule has 0 saturated carbocycles. The van der Waals surface area contributed by atoms with Gasteiger partial charge in [0.1, 0.15) is 6.04 Å². The van der Waals surface area contributed by atoms with Crippen LogP contribution in [0, 0.1) is 11.3 Å². The van der Waals surface area contributed by atoms with E-state index in [1.54, 1.807) is 6.08 Å². The number of carbonyl (C=O) groups excluding carboxylic acids is 1. The zero-order chi connectivity index (χ0) is 12.0. The van der Waals surface area contributed by atoms with E-state index in [1.807, 2.05) is 11.8 Å². The van der Waals surface area contributed by atoms with E-state index >= 15 is 0 Å². The molecule has 2 atom stereocenters. The van der Waals surface area contributed by atoms with Crippen molar-refractivity contribution < 1.29 is 4.79 Å². The zero-order valence-corrected chi connectivity index (χ0v) is 9.57. The Bertz CT molecular complexity index is 297. The summed E-state index contributed by atoms with van der Waals surface area (Å²) in [5.41, 5.74) is 0. The van der Waals surface area contributed by atoms with Gasteiger partial charge in [0.25, 0.3) is 0 Å². The molecule has 1 aliphatic heterocycles. The third-order valence-electron chi connectivity index (χ3n) is 2.73. The third-order valence-corrected chi connectivity index (χ3v) is 2.73. The molecule has 0 aromatic rings. The summed E-state index contributed by atoms with van der Waals surface area (Å²) in [5.74, 6) is -0.0537. The molecule has 0 radical (unpaired) electrons. The van der Waals surface area contributed by atoms with Crippen LogP contribution >= 0.6 is 0 Å². The van der Waals surface area contributed by atoms with Crippen molar-refractivity contribution >= 4 is 5.91 Å². The minimum atomic E-state index is -0.272. The van der Waals surface area contributed by atoms with Gasteiger partial charge < -0.3 is 10.6 Å². The molecule has 2 N–H and O–H groups in total. The van der Waals surface area contributed by atoms with Gasteiger partial charge in [0.2, 0.25) is 5.91 Å². The maximum atomic E-state index is 11.7. The molecule has 1 saturated heterocycles. The number of hydrogen-bond acceptors (Lipinski definition) is 4. The van der Waals surface area contributed by atoms with Crippen LogP contribution in [-0.2, 0) is 4.79 Å². The van der Waals surface area contributed by atoms with Gasteiger partial charge in [0.15, 0.2) is 0 Å². The average molecular weight is 222 g/mol. The molecular formula is C11H18N4O. The van der Waals surface area contributed by atoms with E-state index in [0.29, 0.717) is 13.1 Å².